The largest absolute Gasteiger partial charge is 0.371 e. The smallest absolute Gasteiger partial charge is 0.275 e. The Morgan fingerprint density at radius 1 is 1.16 bits per heavy atom. The molecule has 1 aromatic heterocycles. The van der Waals surface area contributed by atoms with Crippen molar-refractivity contribution in [2.75, 3.05) is 19.7 Å². The van der Waals surface area contributed by atoms with Gasteiger partial charge in [0.1, 0.15) is 5.82 Å². The molecule has 0 saturated carbocycles. The molecule has 1 saturated heterocycles. The van der Waals surface area contributed by atoms with Crippen LogP contribution in [0, 0.1) is 5.82 Å². The van der Waals surface area contributed by atoms with Crippen LogP contribution in [0.5, 0.6) is 0 Å². The van der Waals surface area contributed by atoms with E-state index in [0.29, 0.717) is 25.2 Å². The van der Waals surface area contributed by atoms with Crippen LogP contribution in [-0.2, 0) is 11.4 Å². The van der Waals surface area contributed by atoms with Crippen LogP contribution in [0.2, 0.25) is 0 Å². The van der Waals surface area contributed by atoms with Crippen molar-refractivity contribution in [2.45, 2.75) is 12.8 Å². The van der Waals surface area contributed by atoms with E-state index >= 15 is 0 Å². The first-order valence-electron chi connectivity index (χ1n) is 8.25. The second-order valence-electron chi connectivity index (χ2n) is 6.17. The molecule has 1 fully saturated rings. The average molecular weight is 339 g/mol. The maximum atomic E-state index is 13.1. The lowest BCUT2D eigenvalue weighted by Crippen LogP contribution is -2.42. The van der Waals surface area contributed by atoms with Crippen molar-refractivity contribution in [3.05, 3.63) is 76.5 Å². The van der Waals surface area contributed by atoms with Gasteiger partial charge in [-0.1, -0.05) is 30.3 Å². The van der Waals surface area contributed by atoms with Crippen molar-refractivity contribution in [1.82, 2.24) is 14.7 Å². The quantitative estimate of drug-likeness (QED) is 0.736. The minimum absolute atomic E-state index is 0.0945. The maximum absolute atomic E-state index is 13.1. The fraction of sp³-hybridized carbons (Fsp3) is 0.263. The van der Waals surface area contributed by atoms with Gasteiger partial charge in [0.2, 0.25) is 0 Å². The van der Waals surface area contributed by atoms with Crippen molar-refractivity contribution in [2.24, 2.45) is 0 Å². The highest BCUT2D eigenvalue weighted by Crippen LogP contribution is 2.22. The average Bonchev–Trinajstić information content (AvgIpc) is 2.65. The lowest BCUT2D eigenvalue weighted by molar-refractivity contribution is -0.0421. The number of halogens is 1. The van der Waals surface area contributed by atoms with Crippen molar-refractivity contribution in [1.29, 1.82) is 0 Å². The molecule has 0 radical (unpaired) electrons. The van der Waals surface area contributed by atoms with Gasteiger partial charge in [-0.2, -0.15) is 5.10 Å². The fourth-order valence-electron chi connectivity index (χ4n) is 3.13. The molecule has 2 aromatic carbocycles. The summed E-state index contributed by atoms with van der Waals surface area (Å²) in [6.45, 7) is 2.32. The van der Waals surface area contributed by atoms with E-state index in [0.717, 1.165) is 17.5 Å². The summed E-state index contributed by atoms with van der Waals surface area (Å²) in [5, 5.41) is 5.79. The van der Waals surface area contributed by atoms with Crippen LogP contribution in [-0.4, -0.2) is 34.4 Å². The zero-order valence-corrected chi connectivity index (χ0v) is 13.6. The number of hydrogen-bond acceptors (Lipinski definition) is 4. The topological polar surface area (TPSA) is 47.4 Å². The molecule has 3 aromatic rings. The number of morpholine rings is 1. The summed E-state index contributed by atoms with van der Waals surface area (Å²) in [6, 6.07) is 13.8. The molecule has 0 spiro atoms. The Bertz CT molecular complexity index is 939. The third-order valence-electron chi connectivity index (χ3n) is 4.49. The molecule has 4 rings (SSSR count). The molecule has 2 heterocycles. The van der Waals surface area contributed by atoms with E-state index in [4.69, 9.17) is 4.74 Å². The summed E-state index contributed by atoms with van der Waals surface area (Å²) in [4.78, 5) is 14.7. The SMILES string of the molecule is O=c1c2ccccc2cnn1CN1CCO[C@@H](c2ccc(F)cc2)C1. The molecule has 5 nitrogen and oxygen atoms in total. The first-order chi connectivity index (χ1) is 12.2. The van der Waals surface area contributed by atoms with Crippen LogP contribution in [0.4, 0.5) is 4.39 Å². The number of fused-ring (bicyclic) bond motifs is 1. The van der Waals surface area contributed by atoms with Crippen molar-refractivity contribution in [3.63, 3.8) is 0 Å². The molecular weight excluding hydrogens is 321 g/mol. The summed E-state index contributed by atoms with van der Waals surface area (Å²) >= 11 is 0. The van der Waals surface area contributed by atoms with Crippen LogP contribution in [0.1, 0.15) is 11.7 Å². The lowest BCUT2D eigenvalue weighted by Gasteiger charge is -2.33. The van der Waals surface area contributed by atoms with Gasteiger partial charge in [-0.15, -0.1) is 0 Å². The van der Waals surface area contributed by atoms with Gasteiger partial charge in [-0.25, -0.2) is 9.07 Å². The Balaban J connectivity index is 1.53. The number of rotatable bonds is 3. The molecule has 1 aliphatic heterocycles. The highest BCUT2D eigenvalue weighted by Gasteiger charge is 2.22. The van der Waals surface area contributed by atoms with Gasteiger partial charge >= 0.3 is 0 Å². The number of aromatic nitrogens is 2. The molecule has 1 atom stereocenters. The number of hydrogen-bond donors (Lipinski definition) is 0. The molecule has 0 amide bonds. The molecule has 0 unspecified atom stereocenters. The van der Waals surface area contributed by atoms with Crippen LogP contribution in [0.15, 0.2) is 59.5 Å². The predicted molar refractivity (Wildman–Crippen MR) is 92.7 cm³/mol. The third-order valence-corrected chi connectivity index (χ3v) is 4.49. The summed E-state index contributed by atoms with van der Waals surface area (Å²) in [5.74, 6) is -0.261. The first kappa shape index (κ1) is 15.9. The van der Waals surface area contributed by atoms with Gasteiger partial charge in [-0.05, 0) is 23.8 Å². The van der Waals surface area contributed by atoms with Crippen LogP contribution in [0.3, 0.4) is 0 Å². The Kier molecular flexibility index (Phi) is 4.29. The number of nitrogens with zero attached hydrogens (tertiary/aromatic N) is 3. The van der Waals surface area contributed by atoms with E-state index in [1.54, 1.807) is 18.3 Å². The number of ether oxygens (including phenoxy) is 1. The molecule has 6 heteroatoms. The lowest BCUT2D eigenvalue weighted by atomic mass is 10.1. The van der Waals surface area contributed by atoms with E-state index in [9.17, 15) is 9.18 Å². The standard InChI is InChI=1S/C19H18FN3O2/c20-16-7-5-14(6-8-16)18-12-22(9-10-25-18)13-23-19(24)17-4-2-1-3-15(17)11-21-23/h1-8,11,18H,9-10,12-13H2/t18-/m1/s1. The molecule has 0 bridgehead atoms. The van der Waals surface area contributed by atoms with E-state index < -0.39 is 0 Å². The maximum Gasteiger partial charge on any atom is 0.275 e. The van der Waals surface area contributed by atoms with Gasteiger partial charge in [0.25, 0.3) is 5.56 Å². The Hall–Kier alpha value is -2.57. The van der Waals surface area contributed by atoms with E-state index in [1.807, 2.05) is 24.3 Å². The second kappa shape index (κ2) is 6.74. The summed E-state index contributed by atoms with van der Waals surface area (Å²) in [6.07, 6.45) is 1.58. The van der Waals surface area contributed by atoms with E-state index in [2.05, 4.69) is 10.00 Å². The van der Waals surface area contributed by atoms with Crippen LogP contribution >= 0.6 is 0 Å². The second-order valence-corrected chi connectivity index (χ2v) is 6.17. The van der Waals surface area contributed by atoms with Gasteiger partial charge in [-0.3, -0.25) is 9.69 Å². The van der Waals surface area contributed by atoms with Crippen LogP contribution in [0.25, 0.3) is 10.8 Å². The molecule has 25 heavy (non-hydrogen) atoms. The highest BCUT2D eigenvalue weighted by molar-refractivity contribution is 5.80. The first-order valence-corrected chi connectivity index (χ1v) is 8.25. The summed E-state index contributed by atoms with van der Waals surface area (Å²) in [5.41, 5.74) is 0.841. The summed E-state index contributed by atoms with van der Waals surface area (Å²) in [7, 11) is 0. The number of benzene rings is 2. The summed E-state index contributed by atoms with van der Waals surface area (Å²) < 4.78 is 20.4. The third kappa shape index (κ3) is 3.31. The minimum Gasteiger partial charge on any atom is -0.371 e. The van der Waals surface area contributed by atoms with Gasteiger partial charge in [0.05, 0.1) is 31.0 Å². The predicted octanol–water partition coefficient (Wildman–Crippen LogP) is 2.57. The van der Waals surface area contributed by atoms with Crippen molar-refractivity contribution >= 4 is 10.8 Å². The Morgan fingerprint density at radius 2 is 1.96 bits per heavy atom. The molecule has 128 valence electrons. The fourth-order valence-corrected chi connectivity index (χ4v) is 3.13. The highest BCUT2D eigenvalue weighted by atomic mass is 19.1. The van der Waals surface area contributed by atoms with Crippen LogP contribution < -0.4 is 5.56 Å². The van der Waals surface area contributed by atoms with Gasteiger partial charge in [0.15, 0.2) is 0 Å². The molecular formula is C19H18FN3O2. The van der Waals surface area contributed by atoms with E-state index in [1.165, 1.54) is 16.8 Å². The Morgan fingerprint density at radius 3 is 2.80 bits per heavy atom. The molecule has 1 aliphatic rings. The van der Waals surface area contributed by atoms with Gasteiger partial charge in [0, 0.05) is 18.5 Å². The van der Waals surface area contributed by atoms with Gasteiger partial charge < -0.3 is 4.74 Å². The normalized spacial score (nSPS) is 18.5. The monoisotopic (exact) mass is 339 g/mol. The molecule has 0 aliphatic carbocycles. The zero-order chi connectivity index (χ0) is 17.2. The van der Waals surface area contributed by atoms with E-state index in [-0.39, 0.29) is 17.5 Å². The zero-order valence-electron chi connectivity index (χ0n) is 13.6. The molecule has 0 N–H and O–H groups in total. The Labute approximate surface area is 144 Å². The van der Waals surface area contributed by atoms with Crippen molar-refractivity contribution < 1.29 is 9.13 Å². The van der Waals surface area contributed by atoms with Crippen molar-refractivity contribution in [3.8, 4) is 0 Å². The minimum atomic E-state index is -0.261.